The van der Waals surface area contributed by atoms with Crippen LogP contribution in [0, 0.1) is 0 Å². The third-order valence-electron chi connectivity index (χ3n) is 4.44. The predicted molar refractivity (Wildman–Crippen MR) is 71.3 cm³/mol. The zero-order chi connectivity index (χ0) is 12.8. The molecule has 0 aromatic carbocycles. The van der Waals surface area contributed by atoms with Crippen LogP contribution in [0.25, 0.3) is 0 Å². The van der Waals surface area contributed by atoms with E-state index in [1.165, 1.54) is 13.0 Å². The van der Waals surface area contributed by atoms with E-state index in [0.717, 1.165) is 13.2 Å². The van der Waals surface area contributed by atoms with Gasteiger partial charge in [0.25, 0.3) is 0 Å². The van der Waals surface area contributed by atoms with Gasteiger partial charge in [0.15, 0.2) is 0 Å². The molecule has 1 unspecified atom stereocenters. The first-order chi connectivity index (χ1) is 7.72. The van der Waals surface area contributed by atoms with Crippen molar-refractivity contribution >= 4 is 0 Å². The first-order valence-electron chi connectivity index (χ1n) is 6.79. The first kappa shape index (κ1) is 13.3. The number of likely N-dealkylation sites (tertiary alicyclic amines) is 1. The van der Waals surface area contributed by atoms with E-state index >= 15 is 0 Å². The van der Waals surface area contributed by atoms with Gasteiger partial charge in [-0.3, -0.25) is 9.80 Å². The van der Waals surface area contributed by atoms with Gasteiger partial charge in [-0.1, -0.05) is 0 Å². The average Bonchev–Trinajstić information content (AvgIpc) is 2.37. The molecule has 0 aromatic rings. The first-order valence-corrected chi connectivity index (χ1v) is 6.79. The quantitative estimate of drug-likeness (QED) is 0.734. The summed E-state index contributed by atoms with van der Waals surface area (Å²) in [5, 5.41) is 0. The minimum atomic E-state index is 0.259. The lowest BCUT2D eigenvalue weighted by atomic mass is 9.95. The van der Waals surface area contributed by atoms with Crippen LogP contribution >= 0.6 is 0 Å². The fraction of sp³-hybridized carbons (Fsp3) is 1.00. The third kappa shape index (κ3) is 2.51. The van der Waals surface area contributed by atoms with Crippen LogP contribution in [0.15, 0.2) is 0 Å². The standard InChI is InChI=1S/C14H28N2O/c1-13(2,3)16-8-11(7-14(16,4)5)15(6)12-9-17-10-12/h11-12H,7-10H2,1-6H3. The summed E-state index contributed by atoms with van der Waals surface area (Å²) in [4.78, 5) is 5.19. The average molecular weight is 240 g/mol. The molecule has 3 nitrogen and oxygen atoms in total. The molecule has 2 saturated heterocycles. The van der Waals surface area contributed by atoms with Crippen molar-refractivity contribution in [3.63, 3.8) is 0 Å². The van der Waals surface area contributed by atoms with Crippen molar-refractivity contribution in [2.45, 2.75) is 64.2 Å². The van der Waals surface area contributed by atoms with Gasteiger partial charge in [-0.05, 0) is 48.1 Å². The molecule has 3 heteroatoms. The molecular formula is C14H28N2O. The Morgan fingerprint density at radius 3 is 2.12 bits per heavy atom. The molecule has 2 fully saturated rings. The monoisotopic (exact) mass is 240 g/mol. The van der Waals surface area contributed by atoms with Crippen LogP contribution < -0.4 is 0 Å². The summed E-state index contributed by atoms with van der Waals surface area (Å²) < 4.78 is 5.31. The van der Waals surface area contributed by atoms with E-state index in [2.05, 4.69) is 51.5 Å². The number of hydrogen-bond acceptors (Lipinski definition) is 3. The van der Waals surface area contributed by atoms with E-state index < -0.39 is 0 Å². The zero-order valence-electron chi connectivity index (χ0n) is 12.3. The van der Waals surface area contributed by atoms with Crippen LogP contribution in [0.5, 0.6) is 0 Å². The molecule has 0 aliphatic carbocycles. The van der Waals surface area contributed by atoms with Crippen LogP contribution in [-0.4, -0.2) is 59.8 Å². The van der Waals surface area contributed by atoms with E-state index in [9.17, 15) is 0 Å². The smallest absolute Gasteiger partial charge is 0.0645 e. The van der Waals surface area contributed by atoms with Gasteiger partial charge >= 0.3 is 0 Å². The Bertz CT molecular complexity index is 278. The lowest BCUT2D eigenvalue weighted by molar-refractivity contribution is -0.0685. The van der Waals surface area contributed by atoms with Gasteiger partial charge in [-0.25, -0.2) is 0 Å². The minimum Gasteiger partial charge on any atom is -0.378 e. The Hall–Kier alpha value is -0.120. The molecule has 1 atom stereocenters. The van der Waals surface area contributed by atoms with Gasteiger partial charge in [0.2, 0.25) is 0 Å². The van der Waals surface area contributed by atoms with Crippen LogP contribution in [0.4, 0.5) is 0 Å². The second-order valence-electron chi connectivity index (χ2n) is 7.31. The van der Waals surface area contributed by atoms with Crippen molar-refractivity contribution < 1.29 is 4.74 Å². The van der Waals surface area contributed by atoms with Gasteiger partial charge in [0.05, 0.1) is 19.3 Å². The van der Waals surface area contributed by atoms with E-state index in [0.29, 0.717) is 17.6 Å². The summed E-state index contributed by atoms with van der Waals surface area (Å²) in [6, 6.07) is 1.33. The van der Waals surface area contributed by atoms with Crippen molar-refractivity contribution in [2.75, 3.05) is 26.8 Å². The summed E-state index contributed by atoms with van der Waals surface area (Å²) in [5.41, 5.74) is 0.566. The largest absolute Gasteiger partial charge is 0.378 e. The van der Waals surface area contributed by atoms with E-state index in [1.807, 2.05) is 0 Å². The molecule has 0 saturated carbocycles. The van der Waals surface area contributed by atoms with Gasteiger partial charge < -0.3 is 4.74 Å². The number of rotatable bonds is 2. The number of ether oxygens (including phenoxy) is 1. The molecule has 0 bridgehead atoms. The lowest BCUT2D eigenvalue weighted by Crippen LogP contribution is -2.53. The van der Waals surface area contributed by atoms with Crippen molar-refractivity contribution in [3.05, 3.63) is 0 Å². The van der Waals surface area contributed by atoms with Crippen molar-refractivity contribution in [3.8, 4) is 0 Å². The lowest BCUT2D eigenvalue weighted by Gasteiger charge is -2.42. The summed E-state index contributed by atoms with van der Waals surface area (Å²) in [6.07, 6.45) is 1.26. The van der Waals surface area contributed by atoms with E-state index in [1.54, 1.807) is 0 Å². The molecule has 2 heterocycles. The molecule has 2 aliphatic heterocycles. The highest BCUT2D eigenvalue weighted by Crippen LogP contribution is 2.37. The molecule has 17 heavy (non-hydrogen) atoms. The normalized spacial score (nSPS) is 30.9. The highest BCUT2D eigenvalue weighted by molar-refractivity contribution is 5.02. The molecule has 100 valence electrons. The van der Waals surface area contributed by atoms with Gasteiger partial charge in [0.1, 0.15) is 0 Å². The summed E-state index contributed by atoms with van der Waals surface area (Å²) >= 11 is 0. The maximum Gasteiger partial charge on any atom is 0.0645 e. The van der Waals surface area contributed by atoms with Gasteiger partial charge in [0, 0.05) is 23.7 Å². The molecule has 0 aromatic heterocycles. The highest BCUT2D eigenvalue weighted by atomic mass is 16.5. The number of likely N-dealkylation sites (N-methyl/N-ethyl adjacent to an activating group) is 1. The number of hydrogen-bond donors (Lipinski definition) is 0. The second-order valence-corrected chi connectivity index (χ2v) is 7.31. The van der Waals surface area contributed by atoms with Crippen molar-refractivity contribution in [1.29, 1.82) is 0 Å². The van der Waals surface area contributed by atoms with Crippen LogP contribution in [0.3, 0.4) is 0 Å². The Morgan fingerprint density at radius 1 is 1.18 bits per heavy atom. The van der Waals surface area contributed by atoms with Gasteiger partial charge in [-0.2, -0.15) is 0 Å². The third-order valence-corrected chi connectivity index (χ3v) is 4.44. The second kappa shape index (κ2) is 4.22. The topological polar surface area (TPSA) is 15.7 Å². The minimum absolute atomic E-state index is 0.259. The molecule has 2 rings (SSSR count). The van der Waals surface area contributed by atoms with Crippen molar-refractivity contribution in [2.24, 2.45) is 0 Å². The molecule has 0 spiro atoms. The maximum absolute atomic E-state index is 5.31. The Balaban J connectivity index is 2.04. The number of nitrogens with zero attached hydrogens (tertiary/aromatic N) is 2. The fourth-order valence-corrected chi connectivity index (χ4v) is 3.42. The Morgan fingerprint density at radius 2 is 1.76 bits per heavy atom. The Labute approximate surface area is 106 Å². The summed E-state index contributed by atoms with van der Waals surface area (Å²) in [5.74, 6) is 0. The van der Waals surface area contributed by atoms with Crippen molar-refractivity contribution in [1.82, 2.24) is 9.80 Å². The van der Waals surface area contributed by atoms with Crippen LogP contribution in [0.1, 0.15) is 41.0 Å². The van der Waals surface area contributed by atoms with Crippen LogP contribution in [-0.2, 0) is 4.74 Å². The zero-order valence-corrected chi connectivity index (χ0v) is 12.3. The highest BCUT2D eigenvalue weighted by Gasteiger charge is 2.46. The molecule has 0 N–H and O–H groups in total. The van der Waals surface area contributed by atoms with E-state index in [-0.39, 0.29) is 5.54 Å². The summed E-state index contributed by atoms with van der Waals surface area (Å²) in [7, 11) is 2.26. The van der Waals surface area contributed by atoms with Crippen LogP contribution in [0.2, 0.25) is 0 Å². The fourth-order valence-electron chi connectivity index (χ4n) is 3.42. The Kier molecular flexibility index (Phi) is 3.30. The SMILES string of the molecule is CN(C1COC1)C1CN(C(C)(C)C)C(C)(C)C1. The maximum atomic E-state index is 5.31. The molecule has 0 radical (unpaired) electrons. The van der Waals surface area contributed by atoms with Gasteiger partial charge in [-0.15, -0.1) is 0 Å². The predicted octanol–water partition coefficient (Wildman–Crippen LogP) is 1.97. The molecular weight excluding hydrogens is 212 g/mol. The van der Waals surface area contributed by atoms with E-state index in [4.69, 9.17) is 4.74 Å². The molecule has 2 aliphatic rings. The molecule has 0 amide bonds. The summed E-state index contributed by atoms with van der Waals surface area (Å²) in [6.45, 7) is 14.7.